The minimum atomic E-state index is -0.499. The Morgan fingerprint density at radius 3 is 2.35 bits per heavy atom. The topological polar surface area (TPSA) is 42.4 Å². The smallest absolute Gasteiger partial charge is 0.212 e. The Kier molecular flexibility index (Phi) is 5.13. The highest BCUT2D eigenvalue weighted by Gasteiger charge is 2.09. The van der Waals surface area contributed by atoms with Crippen LogP contribution in [-0.2, 0) is 12.8 Å². The molecule has 1 heterocycles. The Hall–Kier alpha value is -1.87. The van der Waals surface area contributed by atoms with E-state index in [0.717, 1.165) is 24.0 Å². The highest BCUT2D eigenvalue weighted by Crippen LogP contribution is 2.19. The number of pyridine rings is 1. The summed E-state index contributed by atoms with van der Waals surface area (Å²) in [4.78, 5) is 4.15. The number of hydrogen-bond acceptors (Lipinski definition) is 3. The first kappa shape index (κ1) is 14.5. The lowest BCUT2D eigenvalue weighted by atomic mass is 10.0. The Morgan fingerprint density at radius 2 is 1.80 bits per heavy atom. The van der Waals surface area contributed by atoms with Gasteiger partial charge in [-0.2, -0.15) is 0 Å². The molecule has 0 saturated heterocycles. The molecule has 1 unspecified atom stereocenters. The molecule has 2 aromatic rings. The predicted octanol–water partition coefficient (Wildman–Crippen LogP) is 3.32. The number of benzene rings is 1. The van der Waals surface area contributed by atoms with Crippen LogP contribution in [0.2, 0.25) is 0 Å². The van der Waals surface area contributed by atoms with E-state index in [9.17, 15) is 5.11 Å². The van der Waals surface area contributed by atoms with Gasteiger partial charge >= 0.3 is 0 Å². The van der Waals surface area contributed by atoms with Gasteiger partial charge in [-0.3, -0.25) is 0 Å². The van der Waals surface area contributed by atoms with Gasteiger partial charge in [0.25, 0.3) is 0 Å². The van der Waals surface area contributed by atoms with Crippen LogP contribution in [-0.4, -0.2) is 17.2 Å². The summed E-state index contributed by atoms with van der Waals surface area (Å²) in [6, 6.07) is 11.9. The van der Waals surface area contributed by atoms with Gasteiger partial charge in [-0.15, -0.1) is 0 Å². The van der Waals surface area contributed by atoms with E-state index >= 15 is 0 Å². The maximum absolute atomic E-state index is 10.3. The Balaban J connectivity index is 2.01. The average molecular weight is 271 g/mol. The van der Waals surface area contributed by atoms with E-state index in [-0.39, 0.29) is 0 Å². The molecule has 0 spiro atoms. The number of aliphatic hydroxyl groups excluding tert-OH is 1. The van der Waals surface area contributed by atoms with Gasteiger partial charge in [0.15, 0.2) is 0 Å². The number of rotatable bonds is 6. The van der Waals surface area contributed by atoms with Gasteiger partial charge in [-0.25, -0.2) is 4.98 Å². The molecule has 0 bridgehead atoms. The van der Waals surface area contributed by atoms with E-state index in [1.165, 1.54) is 5.56 Å². The van der Waals surface area contributed by atoms with Crippen LogP contribution in [0, 0.1) is 0 Å². The average Bonchev–Trinajstić information content (AvgIpc) is 2.49. The summed E-state index contributed by atoms with van der Waals surface area (Å²) >= 11 is 0. The first-order valence-corrected chi connectivity index (χ1v) is 6.98. The normalized spacial score (nSPS) is 12.2. The Labute approximate surface area is 120 Å². The second-order valence-corrected chi connectivity index (χ2v) is 4.92. The molecule has 0 fully saturated rings. The largest absolute Gasteiger partial charge is 0.481 e. The second kappa shape index (κ2) is 7.06. The lowest BCUT2D eigenvalue weighted by Gasteiger charge is -2.12. The minimum Gasteiger partial charge on any atom is -0.481 e. The maximum atomic E-state index is 10.3. The fourth-order valence-corrected chi connectivity index (χ4v) is 2.19. The van der Waals surface area contributed by atoms with E-state index in [2.05, 4.69) is 24.0 Å². The third kappa shape index (κ3) is 3.81. The van der Waals surface area contributed by atoms with Crippen LogP contribution >= 0.6 is 0 Å². The molecule has 0 radical (unpaired) electrons. The molecule has 0 aliphatic carbocycles. The van der Waals surface area contributed by atoms with Crippen molar-refractivity contribution in [1.29, 1.82) is 0 Å². The number of nitrogens with zero attached hydrogens (tertiary/aromatic N) is 1. The van der Waals surface area contributed by atoms with Gasteiger partial charge < -0.3 is 9.84 Å². The first-order valence-electron chi connectivity index (χ1n) is 6.98. The van der Waals surface area contributed by atoms with Crippen LogP contribution in [0.25, 0.3) is 0 Å². The first-order chi connectivity index (χ1) is 9.72. The summed E-state index contributed by atoms with van der Waals surface area (Å²) in [5.74, 6) is 0.590. The lowest BCUT2D eigenvalue weighted by Crippen LogP contribution is -2.02. The quantitative estimate of drug-likeness (QED) is 0.876. The molecule has 0 amide bonds. The minimum absolute atomic E-state index is 0.499. The SMILES string of the molecule is CCCc1ccc(C(O)Cc2ccc(OC)nc2)cc1. The number of aryl methyl sites for hydroxylation is 1. The lowest BCUT2D eigenvalue weighted by molar-refractivity contribution is 0.178. The van der Waals surface area contributed by atoms with E-state index in [0.29, 0.717) is 12.3 Å². The van der Waals surface area contributed by atoms with Gasteiger partial charge in [0, 0.05) is 18.7 Å². The summed E-state index contributed by atoms with van der Waals surface area (Å²) < 4.78 is 5.02. The van der Waals surface area contributed by atoms with Gasteiger partial charge in [-0.1, -0.05) is 43.7 Å². The molecule has 1 aromatic carbocycles. The molecule has 0 aliphatic heterocycles. The van der Waals surface area contributed by atoms with Gasteiger partial charge in [0.2, 0.25) is 5.88 Å². The number of hydrogen-bond donors (Lipinski definition) is 1. The molecular formula is C17H21NO2. The summed E-state index contributed by atoms with van der Waals surface area (Å²) in [7, 11) is 1.59. The molecule has 0 aliphatic rings. The van der Waals surface area contributed by atoms with Crippen LogP contribution in [0.1, 0.15) is 36.1 Å². The van der Waals surface area contributed by atoms with Gasteiger partial charge in [0.05, 0.1) is 13.2 Å². The number of methoxy groups -OCH3 is 1. The molecule has 1 N–H and O–H groups in total. The summed E-state index contributed by atoms with van der Waals surface area (Å²) in [6.07, 6.45) is 4.02. The molecule has 1 atom stereocenters. The third-order valence-corrected chi connectivity index (χ3v) is 3.34. The predicted molar refractivity (Wildman–Crippen MR) is 79.9 cm³/mol. The van der Waals surface area contributed by atoms with Crippen molar-refractivity contribution >= 4 is 0 Å². The molecule has 1 aromatic heterocycles. The standard InChI is InChI=1S/C17H21NO2/c1-3-4-13-5-8-15(9-6-13)16(19)11-14-7-10-17(20-2)18-12-14/h5-10,12,16,19H,3-4,11H2,1-2H3. The summed E-state index contributed by atoms with van der Waals surface area (Å²) in [6.45, 7) is 2.17. The van der Waals surface area contributed by atoms with E-state index < -0.39 is 6.10 Å². The Morgan fingerprint density at radius 1 is 1.10 bits per heavy atom. The molecule has 3 nitrogen and oxygen atoms in total. The van der Waals surface area contributed by atoms with E-state index in [1.807, 2.05) is 24.3 Å². The van der Waals surface area contributed by atoms with Gasteiger partial charge in [-0.05, 0) is 23.1 Å². The van der Waals surface area contributed by atoms with Crippen molar-refractivity contribution in [3.8, 4) is 5.88 Å². The molecular weight excluding hydrogens is 250 g/mol. The van der Waals surface area contributed by atoms with Crippen molar-refractivity contribution in [1.82, 2.24) is 4.98 Å². The van der Waals surface area contributed by atoms with E-state index in [4.69, 9.17) is 4.74 Å². The van der Waals surface area contributed by atoms with Crippen molar-refractivity contribution in [2.75, 3.05) is 7.11 Å². The zero-order chi connectivity index (χ0) is 14.4. The number of aromatic nitrogens is 1. The van der Waals surface area contributed by atoms with Crippen molar-refractivity contribution in [2.45, 2.75) is 32.3 Å². The number of aliphatic hydroxyl groups is 1. The Bertz CT molecular complexity index is 520. The molecule has 2 rings (SSSR count). The molecule has 106 valence electrons. The molecule has 3 heteroatoms. The highest BCUT2D eigenvalue weighted by atomic mass is 16.5. The van der Waals surface area contributed by atoms with Crippen LogP contribution in [0.4, 0.5) is 0 Å². The number of ether oxygens (including phenoxy) is 1. The van der Waals surface area contributed by atoms with Crippen molar-refractivity contribution in [3.05, 3.63) is 59.3 Å². The van der Waals surface area contributed by atoms with Crippen LogP contribution in [0.3, 0.4) is 0 Å². The summed E-state index contributed by atoms with van der Waals surface area (Å²) in [5.41, 5.74) is 3.26. The molecule has 20 heavy (non-hydrogen) atoms. The van der Waals surface area contributed by atoms with Gasteiger partial charge in [0.1, 0.15) is 0 Å². The second-order valence-electron chi connectivity index (χ2n) is 4.92. The van der Waals surface area contributed by atoms with Crippen molar-refractivity contribution in [2.24, 2.45) is 0 Å². The maximum Gasteiger partial charge on any atom is 0.212 e. The van der Waals surface area contributed by atoms with Crippen molar-refractivity contribution in [3.63, 3.8) is 0 Å². The third-order valence-electron chi connectivity index (χ3n) is 3.34. The van der Waals surface area contributed by atoms with Crippen LogP contribution in [0.5, 0.6) is 5.88 Å². The fraction of sp³-hybridized carbons (Fsp3) is 0.353. The zero-order valence-electron chi connectivity index (χ0n) is 12.0. The van der Waals surface area contributed by atoms with Crippen molar-refractivity contribution < 1.29 is 9.84 Å². The fourth-order valence-electron chi connectivity index (χ4n) is 2.19. The van der Waals surface area contributed by atoms with E-state index in [1.54, 1.807) is 13.3 Å². The molecule has 0 saturated carbocycles. The van der Waals surface area contributed by atoms with Crippen LogP contribution in [0.15, 0.2) is 42.6 Å². The van der Waals surface area contributed by atoms with Crippen LogP contribution < -0.4 is 4.74 Å². The monoisotopic (exact) mass is 271 g/mol. The summed E-state index contributed by atoms with van der Waals surface area (Å²) in [5, 5.41) is 10.3. The highest BCUT2D eigenvalue weighted by molar-refractivity contribution is 5.26. The zero-order valence-corrected chi connectivity index (χ0v) is 12.0.